The third kappa shape index (κ3) is 1.17. The number of nitrogens with zero attached hydrogens (tertiary/aromatic N) is 1. The molecule has 2 atom stereocenters. The number of likely N-dealkylation sites (tertiary alicyclic amines) is 1. The van der Waals surface area contributed by atoms with Gasteiger partial charge in [0.25, 0.3) is 0 Å². The molecule has 0 aliphatic carbocycles. The first-order valence-corrected chi connectivity index (χ1v) is 3.60. The molecule has 1 unspecified atom stereocenters. The lowest BCUT2D eigenvalue weighted by Crippen LogP contribution is -2.49. The molecule has 0 aromatic rings. The minimum absolute atomic E-state index is 0.0903. The Hall–Kier alpha value is -0.120. The maximum Gasteiger partial charge on any atom is 0.127 e. The predicted octanol–water partition coefficient (Wildman–Crippen LogP) is 0.0118. The van der Waals surface area contributed by atoms with Gasteiger partial charge >= 0.3 is 0 Å². The van der Waals surface area contributed by atoms with E-state index in [1.165, 1.54) is 0 Å². The number of methoxy groups -OCH3 is 1. The second kappa shape index (κ2) is 2.49. The second-order valence-electron chi connectivity index (χ2n) is 3.32. The zero-order valence-corrected chi connectivity index (χ0v) is 6.92. The largest absolute Gasteiger partial charge is 0.364 e. The van der Waals surface area contributed by atoms with E-state index in [1.807, 2.05) is 14.0 Å². The molecule has 0 saturated carbocycles. The van der Waals surface area contributed by atoms with Crippen LogP contribution in [0, 0.1) is 0 Å². The SMILES string of the molecule is COC1N(C)CC[C@@]1(C)N. The lowest BCUT2D eigenvalue weighted by Gasteiger charge is -2.28. The van der Waals surface area contributed by atoms with Crippen LogP contribution < -0.4 is 5.73 Å². The van der Waals surface area contributed by atoms with Crippen molar-refractivity contribution in [1.29, 1.82) is 0 Å². The number of hydrogen-bond acceptors (Lipinski definition) is 3. The van der Waals surface area contributed by atoms with E-state index >= 15 is 0 Å². The molecule has 3 nitrogen and oxygen atoms in total. The smallest absolute Gasteiger partial charge is 0.127 e. The first-order valence-electron chi connectivity index (χ1n) is 3.60. The van der Waals surface area contributed by atoms with Crippen LogP contribution in [0.15, 0.2) is 0 Å². The lowest BCUT2D eigenvalue weighted by atomic mass is 10.0. The third-order valence-corrected chi connectivity index (χ3v) is 2.19. The Morgan fingerprint density at radius 1 is 1.70 bits per heavy atom. The molecule has 1 heterocycles. The summed E-state index contributed by atoms with van der Waals surface area (Å²) in [6, 6.07) is 0. The highest BCUT2D eigenvalue weighted by Gasteiger charge is 2.39. The number of rotatable bonds is 1. The van der Waals surface area contributed by atoms with Crippen LogP contribution in [-0.4, -0.2) is 37.4 Å². The Morgan fingerprint density at radius 2 is 2.30 bits per heavy atom. The van der Waals surface area contributed by atoms with Crippen molar-refractivity contribution < 1.29 is 4.74 Å². The van der Waals surface area contributed by atoms with Crippen LogP contribution in [0.5, 0.6) is 0 Å². The fourth-order valence-electron chi connectivity index (χ4n) is 1.61. The molecule has 1 saturated heterocycles. The zero-order chi connectivity index (χ0) is 7.78. The molecular formula is C7H16N2O. The van der Waals surface area contributed by atoms with Crippen molar-refractivity contribution in [2.45, 2.75) is 25.1 Å². The molecule has 1 rings (SSSR count). The van der Waals surface area contributed by atoms with Gasteiger partial charge in [-0.15, -0.1) is 0 Å². The highest BCUT2D eigenvalue weighted by atomic mass is 16.5. The average molecular weight is 144 g/mol. The van der Waals surface area contributed by atoms with E-state index in [0.29, 0.717) is 0 Å². The van der Waals surface area contributed by atoms with Crippen molar-refractivity contribution in [3.63, 3.8) is 0 Å². The quantitative estimate of drug-likeness (QED) is 0.563. The van der Waals surface area contributed by atoms with Crippen molar-refractivity contribution in [3.8, 4) is 0 Å². The lowest BCUT2D eigenvalue weighted by molar-refractivity contribution is -0.0238. The van der Waals surface area contributed by atoms with Gasteiger partial charge in [0.2, 0.25) is 0 Å². The first kappa shape index (κ1) is 7.98. The molecule has 60 valence electrons. The van der Waals surface area contributed by atoms with Crippen molar-refractivity contribution in [2.75, 3.05) is 20.7 Å². The summed E-state index contributed by atoms with van der Waals surface area (Å²) in [6.45, 7) is 3.07. The Balaban J connectivity index is 2.63. The minimum Gasteiger partial charge on any atom is -0.364 e. The molecule has 10 heavy (non-hydrogen) atoms. The molecule has 1 aliphatic heterocycles. The number of hydrogen-bond donors (Lipinski definition) is 1. The minimum atomic E-state index is -0.163. The highest BCUT2D eigenvalue weighted by molar-refractivity contribution is 4.93. The molecule has 0 spiro atoms. The van der Waals surface area contributed by atoms with Gasteiger partial charge in [-0.3, -0.25) is 4.90 Å². The summed E-state index contributed by atoms with van der Waals surface area (Å²) in [4.78, 5) is 2.14. The molecule has 1 aliphatic rings. The van der Waals surface area contributed by atoms with E-state index in [0.717, 1.165) is 13.0 Å². The van der Waals surface area contributed by atoms with Crippen LogP contribution in [-0.2, 0) is 4.74 Å². The highest BCUT2D eigenvalue weighted by Crippen LogP contribution is 2.24. The molecule has 1 fully saturated rings. The predicted molar refractivity (Wildman–Crippen MR) is 40.6 cm³/mol. The van der Waals surface area contributed by atoms with Crippen LogP contribution in [0.4, 0.5) is 0 Å². The maximum absolute atomic E-state index is 5.96. The monoisotopic (exact) mass is 144 g/mol. The third-order valence-electron chi connectivity index (χ3n) is 2.19. The Labute approximate surface area is 62.1 Å². The van der Waals surface area contributed by atoms with E-state index in [1.54, 1.807) is 7.11 Å². The van der Waals surface area contributed by atoms with Gasteiger partial charge in [0.05, 0.1) is 5.54 Å². The van der Waals surface area contributed by atoms with Gasteiger partial charge in [0, 0.05) is 13.7 Å². The van der Waals surface area contributed by atoms with Gasteiger partial charge in [-0.2, -0.15) is 0 Å². The summed E-state index contributed by atoms with van der Waals surface area (Å²) in [5.74, 6) is 0. The number of nitrogens with two attached hydrogens (primary N) is 1. The van der Waals surface area contributed by atoms with Gasteiger partial charge in [0.15, 0.2) is 0 Å². The summed E-state index contributed by atoms with van der Waals surface area (Å²) in [5, 5.41) is 0. The fourth-order valence-corrected chi connectivity index (χ4v) is 1.61. The van der Waals surface area contributed by atoms with E-state index in [2.05, 4.69) is 4.90 Å². The summed E-state index contributed by atoms with van der Waals surface area (Å²) in [6.07, 6.45) is 1.11. The second-order valence-corrected chi connectivity index (χ2v) is 3.32. The van der Waals surface area contributed by atoms with Gasteiger partial charge in [-0.1, -0.05) is 0 Å². The molecule has 0 aromatic carbocycles. The van der Waals surface area contributed by atoms with Crippen LogP contribution in [0.25, 0.3) is 0 Å². The standard InChI is InChI=1S/C7H16N2O/c1-7(8)4-5-9(2)6(7)10-3/h6H,4-5,8H2,1-3H3/t6?,7-/m1/s1. The van der Waals surface area contributed by atoms with E-state index in [9.17, 15) is 0 Å². The molecule has 3 heteroatoms. The summed E-state index contributed by atoms with van der Waals surface area (Å²) in [7, 11) is 3.74. The number of likely N-dealkylation sites (N-methyl/N-ethyl adjacent to an activating group) is 1. The van der Waals surface area contributed by atoms with Crippen LogP contribution in [0.1, 0.15) is 13.3 Å². The average Bonchev–Trinajstić information content (AvgIpc) is 2.07. The number of ether oxygens (including phenoxy) is 1. The van der Waals surface area contributed by atoms with Crippen molar-refractivity contribution in [1.82, 2.24) is 4.90 Å². The Kier molecular flexibility index (Phi) is 1.99. The van der Waals surface area contributed by atoms with E-state index in [4.69, 9.17) is 10.5 Å². The fraction of sp³-hybridized carbons (Fsp3) is 1.00. The maximum atomic E-state index is 5.96. The van der Waals surface area contributed by atoms with Gasteiger partial charge in [-0.05, 0) is 20.4 Å². The van der Waals surface area contributed by atoms with Crippen LogP contribution in [0.2, 0.25) is 0 Å². The topological polar surface area (TPSA) is 38.5 Å². The van der Waals surface area contributed by atoms with Crippen molar-refractivity contribution in [2.24, 2.45) is 5.73 Å². The summed E-state index contributed by atoms with van der Waals surface area (Å²) < 4.78 is 5.24. The molecule has 2 N–H and O–H groups in total. The summed E-state index contributed by atoms with van der Waals surface area (Å²) in [5.41, 5.74) is 5.79. The summed E-state index contributed by atoms with van der Waals surface area (Å²) >= 11 is 0. The van der Waals surface area contributed by atoms with Gasteiger partial charge in [-0.25, -0.2) is 0 Å². The molecule has 0 radical (unpaired) electrons. The normalized spacial score (nSPS) is 42.6. The Morgan fingerprint density at radius 3 is 2.50 bits per heavy atom. The van der Waals surface area contributed by atoms with Gasteiger partial charge < -0.3 is 10.5 Å². The van der Waals surface area contributed by atoms with Crippen molar-refractivity contribution in [3.05, 3.63) is 0 Å². The van der Waals surface area contributed by atoms with Crippen LogP contribution >= 0.6 is 0 Å². The van der Waals surface area contributed by atoms with Crippen LogP contribution in [0.3, 0.4) is 0 Å². The molecule has 0 aromatic heterocycles. The molecule has 0 bridgehead atoms. The van der Waals surface area contributed by atoms with Crippen molar-refractivity contribution >= 4 is 0 Å². The van der Waals surface area contributed by atoms with E-state index < -0.39 is 0 Å². The van der Waals surface area contributed by atoms with Gasteiger partial charge in [0.1, 0.15) is 6.23 Å². The van der Waals surface area contributed by atoms with E-state index in [-0.39, 0.29) is 11.8 Å². The molecular weight excluding hydrogens is 128 g/mol. The Bertz CT molecular complexity index is 125. The first-order chi connectivity index (χ1) is 4.58. The molecule has 0 amide bonds. The zero-order valence-electron chi connectivity index (χ0n) is 6.92.